The SMILES string of the molecule is COc1ccccc1-c1ccc(C(=O)N2[C@@H](c3ccccc3C)CC[C@H]2C(=O)O)cc1. The van der Waals surface area contributed by atoms with Gasteiger partial charge in [-0.25, -0.2) is 4.79 Å². The molecule has 31 heavy (non-hydrogen) atoms. The van der Waals surface area contributed by atoms with Crippen molar-refractivity contribution >= 4 is 11.9 Å². The maximum Gasteiger partial charge on any atom is 0.326 e. The fourth-order valence-corrected chi connectivity index (χ4v) is 4.43. The van der Waals surface area contributed by atoms with Gasteiger partial charge in [0.05, 0.1) is 13.2 Å². The van der Waals surface area contributed by atoms with Gasteiger partial charge in [0.2, 0.25) is 0 Å². The number of amides is 1. The molecule has 0 bridgehead atoms. The third-order valence-corrected chi connectivity index (χ3v) is 6.00. The number of carbonyl (C=O) groups excluding carboxylic acids is 1. The molecule has 1 fully saturated rings. The van der Waals surface area contributed by atoms with E-state index >= 15 is 0 Å². The van der Waals surface area contributed by atoms with E-state index in [9.17, 15) is 14.7 Å². The first kappa shape index (κ1) is 20.7. The first-order chi connectivity index (χ1) is 15.0. The van der Waals surface area contributed by atoms with Crippen LogP contribution in [-0.4, -0.2) is 35.0 Å². The van der Waals surface area contributed by atoms with Crippen LogP contribution in [0, 0.1) is 6.92 Å². The fourth-order valence-electron chi connectivity index (χ4n) is 4.43. The minimum atomic E-state index is -0.963. The zero-order chi connectivity index (χ0) is 22.0. The molecule has 1 aliphatic rings. The van der Waals surface area contributed by atoms with Gasteiger partial charge in [0.15, 0.2) is 0 Å². The van der Waals surface area contributed by atoms with E-state index in [1.807, 2.05) is 67.6 Å². The molecule has 0 radical (unpaired) electrons. The molecule has 1 aliphatic heterocycles. The van der Waals surface area contributed by atoms with E-state index in [0.29, 0.717) is 18.4 Å². The number of benzene rings is 3. The number of ether oxygens (including phenoxy) is 1. The zero-order valence-corrected chi connectivity index (χ0v) is 17.6. The van der Waals surface area contributed by atoms with E-state index in [4.69, 9.17) is 4.74 Å². The molecule has 1 N–H and O–H groups in total. The predicted octanol–water partition coefficient (Wildman–Crippen LogP) is 5.10. The van der Waals surface area contributed by atoms with Crippen LogP contribution in [0.3, 0.4) is 0 Å². The van der Waals surface area contributed by atoms with Gasteiger partial charge in [-0.05, 0) is 54.7 Å². The molecule has 158 valence electrons. The molecule has 0 unspecified atom stereocenters. The van der Waals surface area contributed by atoms with Crippen molar-refractivity contribution in [1.29, 1.82) is 0 Å². The molecule has 5 nitrogen and oxygen atoms in total. The van der Waals surface area contributed by atoms with Gasteiger partial charge >= 0.3 is 5.97 Å². The molecule has 0 aromatic heterocycles. The lowest BCUT2D eigenvalue weighted by atomic mass is 9.98. The highest BCUT2D eigenvalue weighted by Crippen LogP contribution is 2.39. The molecule has 1 saturated heterocycles. The summed E-state index contributed by atoms with van der Waals surface area (Å²) in [6, 6.07) is 21.8. The van der Waals surface area contributed by atoms with E-state index in [2.05, 4.69) is 0 Å². The van der Waals surface area contributed by atoms with Crippen LogP contribution in [0.25, 0.3) is 11.1 Å². The summed E-state index contributed by atoms with van der Waals surface area (Å²) in [5.41, 5.74) is 4.41. The summed E-state index contributed by atoms with van der Waals surface area (Å²) in [5.74, 6) is -0.466. The van der Waals surface area contributed by atoms with Crippen LogP contribution in [0.5, 0.6) is 5.75 Å². The smallest absolute Gasteiger partial charge is 0.326 e. The van der Waals surface area contributed by atoms with E-state index in [-0.39, 0.29) is 11.9 Å². The quantitative estimate of drug-likeness (QED) is 0.629. The van der Waals surface area contributed by atoms with Gasteiger partial charge in [-0.1, -0.05) is 54.6 Å². The van der Waals surface area contributed by atoms with Crippen LogP contribution in [-0.2, 0) is 4.79 Å². The molecule has 1 heterocycles. The number of nitrogens with zero attached hydrogens (tertiary/aromatic N) is 1. The first-order valence-electron chi connectivity index (χ1n) is 10.4. The van der Waals surface area contributed by atoms with Crippen LogP contribution < -0.4 is 4.74 Å². The Hall–Kier alpha value is -3.60. The van der Waals surface area contributed by atoms with Crippen molar-refractivity contribution in [3.8, 4) is 16.9 Å². The van der Waals surface area contributed by atoms with Crippen molar-refractivity contribution in [3.05, 3.63) is 89.5 Å². The van der Waals surface area contributed by atoms with Crippen molar-refractivity contribution in [2.75, 3.05) is 7.11 Å². The third-order valence-electron chi connectivity index (χ3n) is 6.00. The van der Waals surface area contributed by atoms with Gasteiger partial charge in [0, 0.05) is 11.1 Å². The molecule has 0 aliphatic carbocycles. The number of methoxy groups -OCH3 is 1. The number of hydrogen-bond acceptors (Lipinski definition) is 3. The van der Waals surface area contributed by atoms with Gasteiger partial charge < -0.3 is 14.7 Å². The maximum absolute atomic E-state index is 13.5. The second-order valence-corrected chi connectivity index (χ2v) is 7.79. The topological polar surface area (TPSA) is 66.8 Å². The highest BCUT2D eigenvalue weighted by molar-refractivity contribution is 5.97. The number of carboxylic acids is 1. The van der Waals surface area contributed by atoms with E-state index in [1.165, 1.54) is 0 Å². The number of carbonyl (C=O) groups is 2. The fraction of sp³-hybridized carbons (Fsp3) is 0.231. The second kappa shape index (κ2) is 8.64. The Morgan fingerprint density at radius 1 is 0.935 bits per heavy atom. The first-order valence-corrected chi connectivity index (χ1v) is 10.4. The van der Waals surface area contributed by atoms with E-state index < -0.39 is 12.0 Å². The number of likely N-dealkylation sites (tertiary alicyclic amines) is 1. The van der Waals surface area contributed by atoms with Crippen molar-refractivity contribution < 1.29 is 19.4 Å². The Morgan fingerprint density at radius 3 is 2.29 bits per heavy atom. The van der Waals surface area contributed by atoms with Gasteiger partial charge in [0.25, 0.3) is 5.91 Å². The highest BCUT2D eigenvalue weighted by atomic mass is 16.5. The van der Waals surface area contributed by atoms with Gasteiger partial charge in [-0.3, -0.25) is 4.79 Å². The molecular formula is C26H25NO4. The van der Waals surface area contributed by atoms with Crippen LogP contribution in [0.1, 0.15) is 40.4 Å². The van der Waals surface area contributed by atoms with Crippen LogP contribution in [0.15, 0.2) is 72.8 Å². The molecule has 3 aromatic carbocycles. The highest BCUT2D eigenvalue weighted by Gasteiger charge is 2.42. The molecular weight excluding hydrogens is 390 g/mol. The monoisotopic (exact) mass is 415 g/mol. The van der Waals surface area contributed by atoms with Crippen LogP contribution in [0.4, 0.5) is 0 Å². The van der Waals surface area contributed by atoms with E-state index in [1.54, 1.807) is 24.1 Å². The molecule has 1 amide bonds. The lowest BCUT2D eigenvalue weighted by molar-refractivity contribution is -0.141. The van der Waals surface area contributed by atoms with Crippen LogP contribution >= 0.6 is 0 Å². The van der Waals surface area contributed by atoms with Gasteiger partial charge in [-0.2, -0.15) is 0 Å². The summed E-state index contributed by atoms with van der Waals surface area (Å²) in [5, 5.41) is 9.76. The number of aryl methyl sites for hydroxylation is 1. The number of hydrogen-bond donors (Lipinski definition) is 1. The number of carboxylic acid groups (broad SMARTS) is 1. The minimum absolute atomic E-state index is 0.247. The average Bonchev–Trinajstić information content (AvgIpc) is 3.24. The summed E-state index contributed by atoms with van der Waals surface area (Å²) in [6.07, 6.45) is 1.08. The summed E-state index contributed by atoms with van der Waals surface area (Å²) in [4.78, 5) is 26.9. The summed E-state index contributed by atoms with van der Waals surface area (Å²) < 4.78 is 5.43. The molecule has 4 rings (SSSR count). The predicted molar refractivity (Wildman–Crippen MR) is 119 cm³/mol. The lowest BCUT2D eigenvalue weighted by Crippen LogP contribution is -2.42. The molecule has 0 spiro atoms. The van der Waals surface area contributed by atoms with E-state index in [0.717, 1.165) is 28.0 Å². The second-order valence-electron chi connectivity index (χ2n) is 7.79. The summed E-state index contributed by atoms with van der Waals surface area (Å²) >= 11 is 0. The summed E-state index contributed by atoms with van der Waals surface area (Å²) in [6.45, 7) is 1.99. The summed E-state index contributed by atoms with van der Waals surface area (Å²) in [7, 11) is 1.63. The molecule has 0 saturated carbocycles. The lowest BCUT2D eigenvalue weighted by Gasteiger charge is -2.29. The Bertz CT molecular complexity index is 1110. The Labute approximate surface area is 181 Å². The maximum atomic E-state index is 13.5. The Balaban J connectivity index is 1.67. The zero-order valence-electron chi connectivity index (χ0n) is 17.6. The third kappa shape index (κ3) is 3.91. The standard InChI is InChI=1S/C26H25NO4/c1-17-7-3-4-8-20(17)22-15-16-23(26(29)30)27(22)25(28)19-13-11-18(12-14-19)21-9-5-6-10-24(21)31-2/h3-14,22-23H,15-16H2,1-2H3,(H,29,30)/t22-,23+/m1/s1. The number of rotatable bonds is 5. The average molecular weight is 415 g/mol. The normalized spacial score (nSPS) is 18.1. The largest absolute Gasteiger partial charge is 0.496 e. The molecule has 2 atom stereocenters. The van der Waals surface area contributed by atoms with Crippen molar-refractivity contribution in [1.82, 2.24) is 4.90 Å². The minimum Gasteiger partial charge on any atom is -0.496 e. The van der Waals surface area contributed by atoms with Crippen molar-refractivity contribution in [3.63, 3.8) is 0 Å². The number of para-hydroxylation sites is 1. The Kier molecular flexibility index (Phi) is 5.76. The Morgan fingerprint density at radius 2 is 1.61 bits per heavy atom. The molecule has 5 heteroatoms. The van der Waals surface area contributed by atoms with Crippen molar-refractivity contribution in [2.45, 2.75) is 31.8 Å². The van der Waals surface area contributed by atoms with Crippen molar-refractivity contribution in [2.24, 2.45) is 0 Å². The van der Waals surface area contributed by atoms with Gasteiger partial charge in [0.1, 0.15) is 11.8 Å². The van der Waals surface area contributed by atoms with Crippen LogP contribution in [0.2, 0.25) is 0 Å². The number of aliphatic carboxylic acids is 1. The molecule has 3 aromatic rings. The van der Waals surface area contributed by atoms with Gasteiger partial charge in [-0.15, -0.1) is 0 Å².